The van der Waals surface area contributed by atoms with Gasteiger partial charge in [0, 0.05) is 7.05 Å². The first kappa shape index (κ1) is 16.7. The van der Waals surface area contributed by atoms with Gasteiger partial charge in [0.05, 0.1) is 5.29 Å². The highest BCUT2D eigenvalue weighted by molar-refractivity contribution is 5.73. The molecule has 1 saturated heterocycles. The quantitative estimate of drug-likeness (QED) is 0.179. The van der Waals surface area contributed by atoms with E-state index in [4.69, 9.17) is 4.74 Å². The van der Waals surface area contributed by atoms with Gasteiger partial charge in [-0.2, -0.15) is 5.01 Å². The number of urea groups is 1. The topological polar surface area (TPSA) is 172 Å². The number of hydrogen-bond donors (Lipinski definition) is 6. The highest BCUT2D eigenvalue weighted by atomic mass is 16.7. The second kappa shape index (κ2) is 5.95. The zero-order valence-corrected chi connectivity index (χ0v) is 10.7. The van der Waals surface area contributed by atoms with Gasteiger partial charge in [0.1, 0.15) is 24.4 Å². The maximum Gasteiger partial charge on any atom is 0.342 e. The number of hydrogen-bond acceptors (Lipinski definition) is 9. The first-order valence-electron chi connectivity index (χ1n) is 5.61. The van der Waals surface area contributed by atoms with E-state index in [1.807, 2.05) is 5.32 Å². The Labute approximate surface area is 113 Å². The largest absolute Gasteiger partial charge is 0.387 e. The highest BCUT2D eigenvalue weighted by Crippen LogP contribution is 2.28. The van der Waals surface area contributed by atoms with Gasteiger partial charge in [-0.1, -0.05) is 0 Å². The number of nitrogens with one attached hydrogen (secondary N) is 1. The van der Waals surface area contributed by atoms with Crippen LogP contribution in [0.2, 0.25) is 0 Å². The molecule has 1 unspecified atom stereocenters. The van der Waals surface area contributed by atoms with Gasteiger partial charge in [-0.05, 0) is 6.92 Å². The Bertz CT molecular complexity index is 378. The average molecular weight is 295 g/mol. The minimum Gasteiger partial charge on any atom is -0.387 e. The van der Waals surface area contributed by atoms with Gasteiger partial charge >= 0.3 is 6.03 Å². The molecule has 0 aromatic rings. The fraction of sp³-hybridized carbons (Fsp3) is 0.889. The van der Waals surface area contributed by atoms with Crippen molar-refractivity contribution in [1.29, 1.82) is 0 Å². The third-order valence-electron chi connectivity index (χ3n) is 2.93. The molecule has 0 spiro atoms. The Morgan fingerprint density at radius 2 is 1.95 bits per heavy atom. The zero-order valence-electron chi connectivity index (χ0n) is 10.7. The maximum absolute atomic E-state index is 11.3. The first-order valence-corrected chi connectivity index (χ1v) is 5.61. The van der Waals surface area contributed by atoms with Crippen molar-refractivity contribution in [3.63, 3.8) is 0 Å². The molecule has 1 rings (SSSR count). The molecule has 1 fully saturated rings. The Hall–Kier alpha value is -1.37. The van der Waals surface area contributed by atoms with Crippen molar-refractivity contribution in [1.82, 2.24) is 10.3 Å². The summed E-state index contributed by atoms with van der Waals surface area (Å²) in [6.45, 7) is 1.01. The van der Waals surface area contributed by atoms with Crippen molar-refractivity contribution in [2.45, 2.75) is 43.4 Å². The van der Waals surface area contributed by atoms with Crippen molar-refractivity contribution >= 4 is 6.03 Å². The number of carbonyl (C=O) groups excluding carboxylic acids is 1. The number of rotatable bonds is 3. The molecule has 20 heavy (non-hydrogen) atoms. The Balaban J connectivity index is 2.79. The number of aliphatic hydroxyl groups is 5. The summed E-state index contributed by atoms with van der Waals surface area (Å²) >= 11 is 0. The van der Waals surface area contributed by atoms with Crippen LogP contribution in [0.15, 0.2) is 5.29 Å². The minimum atomic E-state index is -2.25. The van der Waals surface area contributed by atoms with Gasteiger partial charge in [-0.3, -0.25) is 0 Å². The molecular formula is C9H17N3O8. The average Bonchev–Trinajstić information content (AvgIpc) is 2.39. The summed E-state index contributed by atoms with van der Waals surface area (Å²) in [7, 11) is 1.02. The molecule has 1 aliphatic heterocycles. The first-order chi connectivity index (χ1) is 9.11. The molecular weight excluding hydrogens is 278 g/mol. The molecule has 0 radical (unpaired) electrons. The fourth-order valence-corrected chi connectivity index (χ4v) is 1.70. The van der Waals surface area contributed by atoms with Crippen LogP contribution in [-0.2, 0) is 4.74 Å². The predicted octanol–water partition coefficient (Wildman–Crippen LogP) is -3.18. The molecule has 0 aliphatic carbocycles. The molecule has 0 aromatic carbocycles. The molecule has 11 nitrogen and oxygen atoms in total. The van der Waals surface area contributed by atoms with Crippen molar-refractivity contribution in [2.75, 3.05) is 7.05 Å². The van der Waals surface area contributed by atoms with Gasteiger partial charge in [-0.25, -0.2) is 4.79 Å². The number of ether oxygens (including phenoxy) is 1. The van der Waals surface area contributed by atoms with Crippen LogP contribution in [0.25, 0.3) is 0 Å². The van der Waals surface area contributed by atoms with Gasteiger partial charge in [-0.15, -0.1) is 4.91 Å². The molecule has 6 atom stereocenters. The second-order valence-corrected chi connectivity index (χ2v) is 4.56. The zero-order chi connectivity index (χ0) is 15.7. The smallest absolute Gasteiger partial charge is 0.342 e. The standard InChI is InChI=1S/C9H17N3O8/c1-9(18)6(15)4(14)3(13)5(20-9)7(16)10-8(17)12(2)11-19/h3-7,13-16,18H,1-2H3,(H,10,17)/t3-,4-,5-,6+,7?,9+/m0/s1. The van der Waals surface area contributed by atoms with Crippen LogP contribution in [-0.4, -0.2) is 80.1 Å². The van der Waals surface area contributed by atoms with Crippen molar-refractivity contribution in [2.24, 2.45) is 5.29 Å². The number of carbonyl (C=O) groups is 1. The summed E-state index contributed by atoms with van der Waals surface area (Å²) in [5.41, 5.74) is 0. The van der Waals surface area contributed by atoms with E-state index in [1.54, 1.807) is 0 Å². The summed E-state index contributed by atoms with van der Waals surface area (Å²) < 4.78 is 4.85. The van der Waals surface area contributed by atoms with E-state index in [1.165, 1.54) is 0 Å². The summed E-state index contributed by atoms with van der Waals surface area (Å²) in [4.78, 5) is 21.4. The van der Waals surface area contributed by atoms with Crippen LogP contribution < -0.4 is 5.32 Å². The van der Waals surface area contributed by atoms with E-state index >= 15 is 0 Å². The number of aliphatic hydroxyl groups excluding tert-OH is 4. The van der Waals surface area contributed by atoms with Crippen molar-refractivity contribution in [3.8, 4) is 0 Å². The highest BCUT2D eigenvalue weighted by Gasteiger charge is 2.52. The van der Waals surface area contributed by atoms with Gasteiger partial charge in [0.2, 0.25) is 0 Å². The van der Waals surface area contributed by atoms with Crippen LogP contribution in [0.3, 0.4) is 0 Å². The van der Waals surface area contributed by atoms with Crippen LogP contribution in [0.4, 0.5) is 4.79 Å². The monoisotopic (exact) mass is 295 g/mol. The summed E-state index contributed by atoms with van der Waals surface area (Å²) in [6, 6.07) is -1.09. The lowest BCUT2D eigenvalue weighted by Crippen LogP contribution is -2.67. The molecule has 0 aromatic heterocycles. The molecule has 0 saturated carbocycles. The maximum atomic E-state index is 11.3. The van der Waals surface area contributed by atoms with Crippen LogP contribution in [0.1, 0.15) is 6.92 Å². The van der Waals surface area contributed by atoms with Crippen LogP contribution >= 0.6 is 0 Å². The molecule has 116 valence electrons. The lowest BCUT2D eigenvalue weighted by molar-refractivity contribution is -0.350. The van der Waals surface area contributed by atoms with E-state index < -0.39 is 42.5 Å². The third-order valence-corrected chi connectivity index (χ3v) is 2.93. The summed E-state index contributed by atoms with van der Waals surface area (Å²) in [5.74, 6) is -2.25. The number of nitrogens with zero attached hydrogens (tertiary/aromatic N) is 2. The Morgan fingerprint density at radius 1 is 1.40 bits per heavy atom. The van der Waals surface area contributed by atoms with E-state index in [2.05, 4.69) is 5.29 Å². The van der Waals surface area contributed by atoms with E-state index in [0.29, 0.717) is 5.01 Å². The molecule has 1 heterocycles. The summed E-state index contributed by atoms with van der Waals surface area (Å²) in [5, 5.41) is 52.6. The normalized spacial score (nSPS) is 39.0. The molecule has 1 aliphatic rings. The lowest BCUT2D eigenvalue weighted by Gasteiger charge is -2.45. The van der Waals surface area contributed by atoms with Crippen LogP contribution in [0.5, 0.6) is 0 Å². The number of amides is 2. The van der Waals surface area contributed by atoms with Crippen LogP contribution in [0, 0.1) is 4.91 Å². The molecule has 0 bridgehead atoms. The Kier molecular flexibility index (Phi) is 4.96. The molecule has 2 amide bonds. The van der Waals surface area contributed by atoms with E-state index in [-0.39, 0.29) is 0 Å². The summed E-state index contributed by atoms with van der Waals surface area (Å²) in [6.07, 6.45) is -8.90. The van der Waals surface area contributed by atoms with E-state index in [9.17, 15) is 35.2 Å². The lowest BCUT2D eigenvalue weighted by atomic mass is 9.92. The van der Waals surface area contributed by atoms with Gasteiger partial charge in [0.25, 0.3) is 0 Å². The predicted molar refractivity (Wildman–Crippen MR) is 61.6 cm³/mol. The van der Waals surface area contributed by atoms with Crippen molar-refractivity contribution in [3.05, 3.63) is 4.91 Å². The van der Waals surface area contributed by atoms with Gasteiger partial charge in [0.15, 0.2) is 12.0 Å². The molecule has 6 N–H and O–H groups in total. The minimum absolute atomic E-state index is 0.335. The van der Waals surface area contributed by atoms with E-state index in [0.717, 1.165) is 14.0 Å². The Morgan fingerprint density at radius 3 is 2.45 bits per heavy atom. The molecule has 11 heteroatoms. The fourth-order valence-electron chi connectivity index (χ4n) is 1.70. The second-order valence-electron chi connectivity index (χ2n) is 4.56. The van der Waals surface area contributed by atoms with Gasteiger partial charge < -0.3 is 35.6 Å². The number of nitroso groups, excluding NO2 is 1. The SMILES string of the molecule is CN(N=O)C(=O)NC(O)[C@H]1O[C@@](C)(O)[C@H](O)[C@@H](O)[C@@H]1O. The third kappa shape index (κ3) is 3.20. The van der Waals surface area contributed by atoms with Crippen molar-refractivity contribution < 1.29 is 35.1 Å².